The first-order valence-corrected chi connectivity index (χ1v) is 11.1. The van der Waals surface area contributed by atoms with Crippen LogP contribution in [-0.4, -0.2) is 36.9 Å². The van der Waals surface area contributed by atoms with E-state index in [1.807, 2.05) is 18.2 Å². The Morgan fingerprint density at radius 1 is 1.10 bits per heavy atom. The normalized spacial score (nSPS) is 18.3. The van der Waals surface area contributed by atoms with E-state index in [9.17, 15) is 4.79 Å². The molecular formula is C23H28N6O. The first-order chi connectivity index (χ1) is 14.8. The minimum absolute atomic E-state index is 0.119. The van der Waals surface area contributed by atoms with Gasteiger partial charge in [-0.3, -0.25) is 9.89 Å². The van der Waals surface area contributed by atoms with E-state index in [2.05, 4.69) is 42.4 Å². The van der Waals surface area contributed by atoms with Crippen LogP contribution in [0.1, 0.15) is 54.9 Å². The van der Waals surface area contributed by atoms with Crippen LogP contribution in [0.3, 0.4) is 0 Å². The molecule has 7 nitrogen and oxygen atoms in total. The van der Waals surface area contributed by atoms with Crippen molar-refractivity contribution in [3.63, 3.8) is 0 Å². The maximum atomic E-state index is 12.6. The summed E-state index contributed by atoms with van der Waals surface area (Å²) in [5.41, 5.74) is 4.80. The number of nitrogens with zero attached hydrogens (tertiary/aromatic N) is 4. The zero-order valence-corrected chi connectivity index (χ0v) is 17.2. The third kappa shape index (κ3) is 3.88. The van der Waals surface area contributed by atoms with Gasteiger partial charge in [-0.15, -0.1) is 10.2 Å². The molecule has 0 saturated heterocycles. The second-order valence-corrected chi connectivity index (χ2v) is 8.38. The number of nitrogens with one attached hydrogen (secondary N) is 2. The topological polar surface area (TPSA) is 88.5 Å². The second kappa shape index (κ2) is 8.42. The molecule has 7 heteroatoms. The van der Waals surface area contributed by atoms with Crippen LogP contribution in [0.2, 0.25) is 0 Å². The van der Waals surface area contributed by atoms with E-state index in [-0.39, 0.29) is 11.9 Å². The van der Waals surface area contributed by atoms with Gasteiger partial charge in [-0.05, 0) is 44.1 Å². The molecule has 30 heavy (non-hydrogen) atoms. The number of carbonyl (C=O) groups excluding carboxylic acids is 1. The monoisotopic (exact) mass is 404 g/mol. The first kappa shape index (κ1) is 19.0. The molecule has 1 aliphatic heterocycles. The molecule has 156 valence electrons. The SMILES string of the molecule is O=C(CCc1n[nH]c2c1CCCC2)NC1CCc2nnc(-c3ccccc3)n2CC1. The van der Waals surface area contributed by atoms with E-state index < -0.39 is 0 Å². The third-order valence-corrected chi connectivity index (χ3v) is 6.37. The minimum atomic E-state index is 0.119. The molecule has 3 heterocycles. The fraction of sp³-hybridized carbons (Fsp3) is 0.478. The van der Waals surface area contributed by atoms with E-state index >= 15 is 0 Å². The molecule has 0 saturated carbocycles. The summed E-state index contributed by atoms with van der Waals surface area (Å²) in [7, 11) is 0. The lowest BCUT2D eigenvalue weighted by atomic mass is 9.94. The molecule has 2 aromatic heterocycles. The quantitative estimate of drug-likeness (QED) is 0.684. The molecule has 1 atom stereocenters. The molecule has 1 amide bonds. The highest BCUT2D eigenvalue weighted by molar-refractivity contribution is 5.76. The predicted molar refractivity (Wildman–Crippen MR) is 114 cm³/mol. The number of aryl methyl sites for hydroxylation is 3. The smallest absolute Gasteiger partial charge is 0.220 e. The number of aromatic nitrogens is 5. The molecule has 1 aromatic carbocycles. The lowest BCUT2D eigenvalue weighted by molar-refractivity contribution is -0.121. The average Bonchev–Trinajstić information content (AvgIpc) is 3.33. The number of fused-ring (bicyclic) bond motifs is 2. The van der Waals surface area contributed by atoms with Crippen molar-refractivity contribution in [2.75, 3.05) is 0 Å². The van der Waals surface area contributed by atoms with Crippen LogP contribution in [0.5, 0.6) is 0 Å². The van der Waals surface area contributed by atoms with Crippen molar-refractivity contribution in [3.05, 3.63) is 53.1 Å². The van der Waals surface area contributed by atoms with Gasteiger partial charge in [0.2, 0.25) is 5.91 Å². The van der Waals surface area contributed by atoms with Crippen LogP contribution in [0.25, 0.3) is 11.4 Å². The van der Waals surface area contributed by atoms with E-state index in [4.69, 9.17) is 0 Å². The highest BCUT2D eigenvalue weighted by Gasteiger charge is 2.23. The molecule has 0 radical (unpaired) electrons. The fourth-order valence-electron chi connectivity index (χ4n) is 4.72. The van der Waals surface area contributed by atoms with Crippen molar-refractivity contribution >= 4 is 5.91 Å². The molecule has 1 unspecified atom stereocenters. The van der Waals surface area contributed by atoms with Crippen molar-refractivity contribution in [3.8, 4) is 11.4 Å². The Hall–Kier alpha value is -2.96. The van der Waals surface area contributed by atoms with Crippen molar-refractivity contribution in [2.45, 2.75) is 70.4 Å². The number of rotatable bonds is 5. The number of amides is 1. The second-order valence-electron chi connectivity index (χ2n) is 8.38. The summed E-state index contributed by atoms with van der Waals surface area (Å²) in [6.45, 7) is 0.824. The van der Waals surface area contributed by atoms with Crippen LogP contribution in [0.4, 0.5) is 0 Å². The first-order valence-electron chi connectivity index (χ1n) is 11.1. The van der Waals surface area contributed by atoms with Gasteiger partial charge < -0.3 is 9.88 Å². The van der Waals surface area contributed by atoms with Gasteiger partial charge in [0.1, 0.15) is 5.82 Å². The van der Waals surface area contributed by atoms with Crippen molar-refractivity contribution in [1.82, 2.24) is 30.3 Å². The lowest BCUT2D eigenvalue weighted by Gasteiger charge is -2.16. The number of hydrogen-bond acceptors (Lipinski definition) is 4. The van der Waals surface area contributed by atoms with Crippen LogP contribution >= 0.6 is 0 Å². The summed E-state index contributed by atoms with van der Waals surface area (Å²) in [5, 5.41) is 19.7. The number of H-pyrrole nitrogens is 1. The zero-order valence-electron chi connectivity index (χ0n) is 17.2. The standard InChI is InChI=1S/C23H28N6O/c30-22(13-11-20-18-8-4-5-9-19(18)25-26-20)24-17-10-12-21-27-28-23(29(21)15-14-17)16-6-2-1-3-7-16/h1-3,6-7,17H,4-5,8-15H2,(H,24,30)(H,25,26). The van der Waals surface area contributed by atoms with Gasteiger partial charge in [0, 0.05) is 43.1 Å². The number of aromatic amines is 1. The van der Waals surface area contributed by atoms with Gasteiger partial charge in [-0.2, -0.15) is 5.10 Å². The molecular weight excluding hydrogens is 376 g/mol. The molecule has 0 spiro atoms. The van der Waals surface area contributed by atoms with E-state index in [1.54, 1.807) is 0 Å². The van der Waals surface area contributed by atoms with Gasteiger partial charge >= 0.3 is 0 Å². The summed E-state index contributed by atoms with van der Waals surface area (Å²) in [4.78, 5) is 12.6. The van der Waals surface area contributed by atoms with Crippen LogP contribution in [0.15, 0.2) is 30.3 Å². The summed E-state index contributed by atoms with van der Waals surface area (Å²) >= 11 is 0. The van der Waals surface area contributed by atoms with Crippen molar-refractivity contribution < 1.29 is 4.79 Å². The number of hydrogen-bond donors (Lipinski definition) is 2. The summed E-state index contributed by atoms with van der Waals surface area (Å²) < 4.78 is 2.21. The van der Waals surface area contributed by atoms with Crippen molar-refractivity contribution in [2.24, 2.45) is 0 Å². The zero-order chi connectivity index (χ0) is 20.3. The molecule has 2 N–H and O–H groups in total. The van der Waals surface area contributed by atoms with Gasteiger partial charge in [0.15, 0.2) is 5.82 Å². The summed E-state index contributed by atoms with van der Waals surface area (Å²) in [5.74, 6) is 2.04. The minimum Gasteiger partial charge on any atom is -0.353 e. The van der Waals surface area contributed by atoms with Gasteiger partial charge in [0.05, 0.1) is 5.69 Å². The fourth-order valence-corrected chi connectivity index (χ4v) is 4.72. The maximum Gasteiger partial charge on any atom is 0.220 e. The number of benzene rings is 1. The molecule has 0 bridgehead atoms. The molecule has 0 fully saturated rings. The van der Waals surface area contributed by atoms with E-state index in [0.29, 0.717) is 12.8 Å². The molecule has 1 aliphatic carbocycles. The number of carbonyl (C=O) groups is 1. The Morgan fingerprint density at radius 2 is 1.97 bits per heavy atom. The Kier molecular flexibility index (Phi) is 5.34. The van der Waals surface area contributed by atoms with E-state index in [1.165, 1.54) is 24.1 Å². The van der Waals surface area contributed by atoms with Crippen LogP contribution in [0, 0.1) is 0 Å². The average molecular weight is 405 g/mol. The van der Waals surface area contributed by atoms with Crippen LogP contribution < -0.4 is 5.32 Å². The Labute approximate surface area is 176 Å². The highest BCUT2D eigenvalue weighted by Crippen LogP contribution is 2.24. The Balaban J connectivity index is 1.17. The van der Waals surface area contributed by atoms with Crippen molar-refractivity contribution in [1.29, 1.82) is 0 Å². The van der Waals surface area contributed by atoms with E-state index in [0.717, 1.165) is 61.6 Å². The van der Waals surface area contributed by atoms with Gasteiger partial charge in [0.25, 0.3) is 0 Å². The predicted octanol–water partition coefficient (Wildman–Crippen LogP) is 3.00. The highest BCUT2D eigenvalue weighted by atomic mass is 16.1. The third-order valence-electron chi connectivity index (χ3n) is 6.37. The largest absolute Gasteiger partial charge is 0.353 e. The summed E-state index contributed by atoms with van der Waals surface area (Å²) in [6, 6.07) is 10.4. The maximum absolute atomic E-state index is 12.6. The molecule has 2 aliphatic rings. The Morgan fingerprint density at radius 3 is 2.87 bits per heavy atom. The molecule has 5 rings (SSSR count). The lowest BCUT2D eigenvalue weighted by Crippen LogP contribution is -2.35. The molecule has 3 aromatic rings. The van der Waals surface area contributed by atoms with Crippen LogP contribution in [-0.2, 0) is 37.0 Å². The van der Waals surface area contributed by atoms with Gasteiger partial charge in [-0.1, -0.05) is 30.3 Å². The Bertz CT molecular complexity index is 1020. The van der Waals surface area contributed by atoms with Gasteiger partial charge in [-0.25, -0.2) is 0 Å². The summed E-state index contributed by atoms with van der Waals surface area (Å²) in [6.07, 6.45) is 8.48.